The second-order valence-electron chi connectivity index (χ2n) is 5.93. The van der Waals surface area contributed by atoms with Gasteiger partial charge in [-0.2, -0.15) is 0 Å². The number of hydrogen-bond donors (Lipinski definition) is 2. The molecule has 0 spiro atoms. The summed E-state index contributed by atoms with van der Waals surface area (Å²) in [7, 11) is 0. The van der Waals surface area contributed by atoms with Crippen molar-refractivity contribution < 1.29 is 14.3 Å². The van der Waals surface area contributed by atoms with Gasteiger partial charge in [0.25, 0.3) is 0 Å². The summed E-state index contributed by atoms with van der Waals surface area (Å²) in [6, 6.07) is 6.51. The summed E-state index contributed by atoms with van der Waals surface area (Å²) >= 11 is 1.22. The maximum absolute atomic E-state index is 13.6. The van der Waals surface area contributed by atoms with E-state index in [0.717, 1.165) is 12.8 Å². The van der Waals surface area contributed by atoms with E-state index in [-0.39, 0.29) is 18.1 Å². The van der Waals surface area contributed by atoms with Crippen LogP contribution < -0.4 is 5.32 Å². The van der Waals surface area contributed by atoms with Crippen LogP contribution in [0.5, 0.6) is 0 Å². The Kier molecular flexibility index (Phi) is 4.68. The monoisotopic (exact) mass is 335 g/mol. The van der Waals surface area contributed by atoms with Gasteiger partial charge in [0, 0.05) is 6.42 Å². The molecule has 5 nitrogen and oxygen atoms in total. The third kappa shape index (κ3) is 4.11. The molecule has 122 valence electrons. The molecule has 1 fully saturated rings. The normalized spacial score (nSPS) is 16.4. The van der Waals surface area contributed by atoms with Gasteiger partial charge in [0.2, 0.25) is 11.0 Å². The molecular weight excluding hydrogens is 317 g/mol. The predicted octanol–water partition coefficient (Wildman–Crippen LogP) is 2.90. The number of carbonyl (C=O) groups excluding carboxylic acids is 1. The van der Waals surface area contributed by atoms with E-state index in [1.165, 1.54) is 17.4 Å². The third-order valence-electron chi connectivity index (χ3n) is 4.04. The molecule has 0 bridgehead atoms. The summed E-state index contributed by atoms with van der Waals surface area (Å²) in [4.78, 5) is 12.0. The van der Waals surface area contributed by atoms with Gasteiger partial charge in [-0.25, -0.2) is 4.39 Å². The van der Waals surface area contributed by atoms with E-state index in [2.05, 4.69) is 15.5 Å². The number of hydrogen-bond acceptors (Lipinski definition) is 5. The largest absolute Gasteiger partial charge is 0.389 e. The Balaban J connectivity index is 1.59. The van der Waals surface area contributed by atoms with Gasteiger partial charge in [0.05, 0.1) is 12.0 Å². The smallest absolute Gasteiger partial charge is 0.229 e. The van der Waals surface area contributed by atoms with Crippen molar-refractivity contribution in [3.05, 3.63) is 40.7 Å². The van der Waals surface area contributed by atoms with Gasteiger partial charge in [0.1, 0.15) is 10.8 Å². The van der Waals surface area contributed by atoms with Crippen molar-refractivity contribution in [1.29, 1.82) is 0 Å². The first-order chi connectivity index (χ1) is 11.0. The minimum Gasteiger partial charge on any atom is -0.389 e. The fraction of sp³-hybridized carbons (Fsp3) is 0.438. The molecule has 0 saturated heterocycles. The van der Waals surface area contributed by atoms with Crippen molar-refractivity contribution in [2.45, 2.75) is 44.1 Å². The number of aliphatic hydroxyl groups is 1. The van der Waals surface area contributed by atoms with Crippen molar-refractivity contribution in [2.24, 2.45) is 0 Å². The van der Waals surface area contributed by atoms with Crippen LogP contribution in [0.15, 0.2) is 24.3 Å². The molecule has 3 rings (SSSR count). The van der Waals surface area contributed by atoms with Crippen LogP contribution >= 0.6 is 11.3 Å². The number of amides is 1. The topological polar surface area (TPSA) is 75.1 Å². The number of rotatable bonds is 5. The summed E-state index contributed by atoms with van der Waals surface area (Å²) in [5.74, 6) is -0.542. The quantitative estimate of drug-likeness (QED) is 0.881. The van der Waals surface area contributed by atoms with E-state index in [9.17, 15) is 14.3 Å². The second kappa shape index (κ2) is 6.72. The average molecular weight is 335 g/mol. The van der Waals surface area contributed by atoms with Crippen LogP contribution in [-0.4, -0.2) is 26.8 Å². The molecule has 1 amide bonds. The van der Waals surface area contributed by atoms with Crippen LogP contribution in [0.1, 0.15) is 42.7 Å². The molecule has 2 aromatic rings. The zero-order valence-corrected chi connectivity index (χ0v) is 13.4. The second-order valence-corrected chi connectivity index (χ2v) is 6.99. The Hall–Kier alpha value is -1.86. The van der Waals surface area contributed by atoms with Gasteiger partial charge >= 0.3 is 0 Å². The molecule has 1 heterocycles. The van der Waals surface area contributed by atoms with E-state index in [1.807, 2.05) is 0 Å². The molecule has 0 atom stereocenters. The van der Waals surface area contributed by atoms with E-state index < -0.39 is 5.60 Å². The van der Waals surface area contributed by atoms with E-state index in [1.54, 1.807) is 18.2 Å². The lowest BCUT2D eigenvalue weighted by Crippen LogP contribution is -2.30. The Morgan fingerprint density at radius 1 is 1.30 bits per heavy atom. The molecule has 0 unspecified atom stereocenters. The van der Waals surface area contributed by atoms with Gasteiger partial charge in [-0.05, 0) is 24.5 Å². The van der Waals surface area contributed by atoms with Gasteiger partial charge in [0.15, 0.2) is 0 Å². The zero-order chi connectivity index (χ0) is 16.3. The SMILES string of the molecule is O=C(CC1(O)CCCC1)Nc1nnc(Cc2ccccc2F)s1. The number of halogens is 1. The van der Waals surface area contributed by atoms with Crippen molar-refractivity contribution in [3.8, 4) is 0 Å². The average Bonchev–Trinajstić information content (AvgIpc) is 3.11. The summed E-state index contributed by atoms with van der Waals surface area (Å²) in [6.45, 7) is 0. The van der Waals surface area contributed by atoms with Crippen molar-refractivity contribution in [2.75, 3.05) is 5.32 Å². The van der Waals surface area contributed by atoms with Crippen LogP contribution in [0.3, 0.4) is 0 Å². The van der Waals surface area contributed by atoms with Crippen LogP contribution in [0.25, 0.3) is 0 Å². The molecule has 1 aromatic heterocycles. The van der Waals surface area contributed by atoms with Crippen LogP contribution in [0.2, 0.25) is 0 Å². The summed E-state index contributed by atoms with van der Waals surface area (Å²) in [5, 5.41) is 21.8. The van der Waals surface area contributed by atoms with E-state index >= 15 is 0 Å². The summed E-state index contributed by atoms with van der Waals surface area (Å²) < 4.78 is 13.6. The Morgan fingerprint density at radius 3 is 2.78 bits per heavy atom. The summed E-state index contributed by atoms with van der Waals surface area (Å²) in [6.07, 6.45) is 3.65. The first-order valence-corrected chi connectivity index (χ1v) is 8.44. The fourth-order valence-electron chi connectivity index (χ4n) is 2.85. The van der Waals surface area contributed by atoms with Gasteiger partial charge in [-0.1, -0.05) is 42.4 Å². The van der Waals surface area contributed by atoms with Crippen molar-refractivity contribution >= 4 is 22.4 Å². The highest BCUT2D eigenvalue weighted by Crippen LogP contribution is 2.32. The minimum atomic E-state index is -0.884. The van der Waals surface area contributed by atoms with Crippen LogP contribution in [0, 0.1) is 5.82 Å². The Morgan fingerprint density at radius 2 is 2.04 bits per heavy atom. The zero-order valence-electron chi connectivity index (χ0n) is 12.6. The summed E-state index contributed by atoms with van der Waals surface area (Å²) in [5.41, 5.74) is -0.341. The van der Waals surface area contributed by atoms with E-state index in [0.29, 0.717) is 35.0 Å². The molecule has 2 N–H and O–H groups in total. The molecule has 7 heteroatoms. The first kappa shape index (κ1) is 16.0. The lowest BCUT2D eigenvalue weighted by Gasteiger charge is -2.20. The third-order valence-corrected chi connectivity index (χ3v) is 4.88. The molecule has 23 heavy (non-hydrogen) atoms. The van der Waals surface area contributed by atoms with Gasteiger partial charge in [-0.15, -0.1) is 10.2 Å². The lowest BCUT2D eigenvalue weighted by atomic mass is 9.98. The van der Waals surface area contributed by atoms with E-state index in [4.69, 9.17) is 0 Å². The first-order valence-electron chi connectivity index (χ1n) is 7.62. The number of benzene rings is 1. The van der Waals surface area contributed by atoms with Gasteiger partial charge < -0.3 is 10.4 Å². The molecule has 1 aliphatic rings. The number of aromatic nitrogens is 2. The highest BCUT2D eigenvalue weighted by Gasteiger charge is 2.33. The lowest BCUT2D eigenvalue weighted by molar-refractivity contribution is -0.120. The standard InChI is InChI=1S/C16H18FN3O2S/c17-12-6-2-1-5-11(12)9-14-19-20-15(23-14)18-13(21)10-16(22)7-3-4-8-16/h1-2,5-6,22H,3-4,7-10H2,(H,18,20,21). The Bertz CT molecular complexity index is 698. The van der Waals surface area contributed by atoms with Crippen molar-refractivity contribution in [3.63, 3.8) is 0 Å². The molecule has 0 aliphatic heterocycles. The van der Waals surface area contributed by atoms with Crippen LogP contribution in [0.4, 0.5) is 9.52 Å². The minimum absolute atomic E-state index is 0.0786. The molecule has 1 aliphatic carbocycles. The van der Waals surface area contributed by atoms with Gasteiger partial charge in [-0.3, -0.25) is 4.79 Å². The predicted molar refractivity (Wildman–Crippen MR) is 85.8 cm³/mol. The highest BCUT2D eigenvalue weighted by atomic mass is 32.1. The maximum atomic E-state index is 13.6. The molecule has 1 aromatic carbocycles. The van der Waals surface area contributed by atoms with Crippen molar-refractivity contribution in [1.82, 2.24) is 10.2 Å². The number of nitrogens with one attached hydrogen (secondary N) is 1. The molecule has 1 saturated carbocycles. The molecule has 0 radical (unpaired) electrons. The highest BCUT2D eigenvalue weighted by molar-refractivity contribution is 7.15. The fourth-order valence-corrected chi connectivity index (χ4v) is 3.63. The Labute approximate surface area is 137 Å². The number of nitrogens with zero attached hydrogens (tertiary/aromatic N) is 2. The maximum Gasteiger partial charge on any atom is 0.229 e. The van der Waals surface area contributed by atoms with Crippen LogP contribution in [-0.2, 0) is 11.2 Å². The number of carbonyl (C=O) groups is 1. The number of anilines is 1. The molecular formula is C16H18FN3O2S.